The molecule has 0 unspecified atom stereocenters. The van der Waals surface area contributed by atoms with E-state index in [9.17, 15) is 9.59 Å². The summed E-state index contributed by atoms with van der Waals surface area (Å²) >= 11 is 4.46. The predicted octanol–water partition coefficient (Wildman–Crippen LogP) is 2.66. The van der Waals surface area contributed by atoms with Crippen LogP contribution in [-0.4, -0.2) is 28.5 Å². The summed E-state index contributed by atoms with van der Waals surface area (Å²) in [6, 6.07) is 3.22. The van der Waals surface area contributed by atoms with Crippen molar-refractivity contribution in [2.75, 3.05) is 11.9 Å². The number of thiazole rings is 1. The van der Waals surface area contributed by atoms with E-state index in [2.05, 4.69) is 31.2 Å². The number of carbonyl (C=O) groups is 2. The van der Waals surface area contributed by atoms with E-state index in [1.165, 1.54) is 17.5 Å². The Kier molecular flexibility index (Phi) is 5.40. The lowest BCUT2D eigenvalue weighted by Gasteiger charge is -2.01. The Morgan fingerprint density at radius 1 is 1.48 bits per heavy atom. The number of aromatic nitrogens is 2. The number of carbonyl (C=O) groups excluding carboxylic acids is 2. The van der Waals surface area contributed by atoms with Crippen LogP contribution in [0.4, 0.5) is 5.13 Å². The highest BCUT2D eigenvalue weighted by Gasteiger charge is 2.12. The summed E-state index contributed by atoms with van der Waals surface area (Å²) < 4.78 is 5.43. The van der Waals surface area contributed by atoms with Gasteiger partial charge in [0.1, 0.15) is 4.60 Å². The van der Waals surface area contributed by atoms with Crippen molar-refractivity contribution in [1.29, 1.82) is 0 Å². The molecule has 2 aromatic heterocycles. The van der Waals surface area contributed by atoms with Gasteiger partial charge >= 0.3 is 5.97 Å². The fourth-order valence-electron chi connectivity index (χ4n) is 1.52. The SMILES string of the molecule is CCOC(=O)Cc1csc(NC(=O)c2ccnc(Br)c2)n1. The lowest BCUT2D eigenvalue weighted by atomic mass is 10.2. The number of nitrogens with zero attached hydrogens (tertiary/aromatic N) is 2. The van der Waals surface area contributed by atoms with E-state index in [0.717, 1.165) is 0 Å². The fourth-order valence-corrected chi connectivity index (χ4v) is 2.59. The van der Waals surface area contributed by atoms with Crippen LogP contribution in [0.25, 0.3) is 0 Å². The van der Waals surface area contributed by atoms with E-state index >= 15 is 0 Å². The molecular formula is C13H12BrN3O3S. The first-order valence-electron chi connectivity index (χ1n) is 6.11. The van der Waals surface area contributed by atoms with Crippen LogP contribution in [0.3, 0.4) is 0 Å². The molecule has 0 bridgehead atoms. The minimum atomic E-state index is -0.334. The van der Waals surface area contributed by atoms with Gasteiger partial charge < -0.3 is 4.74 Å². The number of nitrogens with one attached hydrogen (secondary N) is 1. The van der Waals surface area contributed by atoms with Gasteiger partial charge in [-0.2, -0.15) is 0 Å². The second kappa shape index (κ2) is 7.28. The highest BCUT2D eigenvalue weighted by atomic mass is 79.9. The molecule has 8 heteroatoms. The molecule has 0 radical (unpaired) electrons. The number of halogens is 1. The molecule has 0 aliphatic heterocycles. The van der Waals surface area contributed by atoms with Gasteiger partial charge in [0.2, 0.25) is 0 Å². The molecular weight excluding hydrogens is 358 g/mol. The Morgan fingerprint density at radius 3 is 3.00 bits per heavy atom. The Balaban J connectivity index is 1.99. The number of esters is 1. The van der Waals surface area contributed by atoms with Crippen LogP contribution in [0.5, 0.6) is 0 Å². The average molecular weight is 370 g/mol. The van der Waals surface area contributed by atoms with Crippen molar-refractivity contribution in [2.24, 2.45) is 0 Å². The predicted molar refractivity (Wildman–Crippen MR) is 82.3 cm³/mol. The highest BCUT2D eigenvalue weighted by Crippen LogP contribution is 2.17. The van der Waals surface area contributed by atoms with Gasteiger partial charge in [-0.1, -0.05) is 0 Å². The van der Waals surface area contributed by atoms with E-state index in [1.54, 1.807) is 24.4 Å². The summed E-state index contributed by atoms with van der Waals surface area (Å²) in [7, 11) is 0. The molecule has 2 heterocycles. The molecule has 110 valence electrons. The minimum Gasteiger partial charge on any atom is -0.466 e. The summed E-state index contributed by atoms with van der Waals surface area (Å²) in [6.07, 6.45) is 1.63. The molecule has 0 fully saturated rings. The summed E-state index contributed by atoms with van der Waals surface area (Å²) in [5, 5.41) is 4.83. The molecule has 0 saturated heterocycles. The van der Waals surface area contributed by atoms with Crippen LogP contribution in [0.15, 0.2) is 28.3 Å². The zero-order chi connectivity index (χ0) is 15.2. The second-order valence-electron chi connectivity index (χ2n) is 3.95. The minimum absolute atomic E-state index is 0.0982. The fraction of sp³-hybridized carbons (Fsp3) is 0.231. The van der Waals surface area contributed by atoms with Crippen molar-refractivity contribution < 1.29 is 14.3 Å². The summed E-state index contributed by atoms with van der Waals surface area (Å²) in [5.41, 5.74) is 1.05. The summed E-state index contributed by atoms with van der Waals surface area (Å²) in [5.74, 6) is -0.617. The lowest BCUT2D eigenvalue weighted by Crippen LogP contribution is -2.12. The van der Waals surface area contributed by atoms with E-state index in [0.29, 0.717) is 27.6 Å². The summed E-state index contributed by atoms with van der Waals surface area (Å²) in [6.45, 7) is 2.08. The van der Waals surface area contributed by atoms with Gasteiger partial charge in [0.25, 0.3) is 5.91 Å². The molecule has 0 spiro atoms. The largest absolute Gasteiger partial charge is 0.466 e. The maximum atomic E-state index is 12.0. The maximum absolute atomic E-state index is 12.0. The van der Waals surface area contributed by atoms with Gasteiger partial charge in [-0.05, 0) is 35.0 Å². The third-order valence-corrected chi connectivity index (χ3v) is 3.63. The molecule has 0 aromatic carbocycles. The standard InChI is InChI=1S/C13H12BrN3O3S/c1-2-20-11(18)6-9-7-21-13(16-9)17-12(19)8-3-4-15-10(14)5-8/h3-5,7H,2,6H2,1H3,(H,16,17,19). The van der Waals surface area contributed by atoms with Crippen LogP contribution >= 0.6 is 27.3 Å². The zero-order valence-electron chi connectivity index (χ0n) is 11.1. The summed E-state index contributed by atoms with van der Waals surface area (Å²) in [4.78, 5) is 31.5. The van der Waals surface area contributed by atoms with Crippen molar-refractivity contribution >= 4 is 44.3 Å². The van der Waals surface area contributed by atoms with Crippen molar-refractivity contribution in [3.63, 3.8) is 0 Å². The number of anilines is 1. The second-order valence-corrected chi connectivity index (χ2v) is 5.62. The Bertz CT molecular complexity index is 660. The van der Waals surface area contributed by atoms with Crippen molar-refractivity contribution in [1.82, 2.24) is 9.97 Å². The number of hydrogen-bond donors (Lipinski definition) is 1. The van der Waals surface area contributed by atoms with E-state index in [-0.39, 0.29) is 18.3 Å². The zero-order valence-corrected chi connectivity index (χ0v) is 13.5. The van der Waals surface area contributed by atoms with E-state index in [1.807, 2.05) is 0 Å². The molecule has 0 atom stereocenters. The monoisotopic (exact) mass is 369 g/mol. The first kappa shape index (κ1) is 15.6. The molecule has 2 aromatic rings. The molecule has 0 saturated carbocycles. The van der Waals surface area contributed by atoms with Gasteiger partial charge in [0.15, 0.2) is 5.13 Å². The maximum Gasteiger partial charge on any atom is 0.311 e. The van der Waals surface area contributed by atoms with Crippen molar-refractivity contribution in [3.8, 4) is 0 Å². The van der Waals surface area contributed by atoms with Crippen molar-refractivity contribution in [3.05, 3.63) is 39.6 Å². The topological polar surface area (TPSA) is 81.2 Å². The molecule has 6 nitrogen and oxygen atoms in total. The number of rotatable bonds is 5. The van der Waals surface area contributed by atoms with Gasteiger partial charge in [-0.25, -0.2) is 9.97 Å². The van der Waals surface area contributed by atoms with Crippen molar-refractivity contribution in [2.45, 2.75) is 13.3 Å². The highest BCUT2D eigenvalue weighted by molar-refractivity contribution is 9.10. The van der Waals surface area contributed by atoms with Crippen LogP contribution < -0.4 is 5.32 Å². The van der Waals surface area contributed by atoms with E-state index < -0.39 is 0 Å². The smallest absolute Gasteiger partial charge is 0.311 e. The molecule has 0 aliphatic rings. The van der Waals surface area contributed by atoms with Crippen LogP contribution in [0, 0.1) is 0 Å². The number of ether oxygens (including phenoxy) is 1. The third kappa shape index (κ3) is 4.61. The van der Waals surface area contributed by atoms with Crippen LogP contribution in [-0.2, 0) is 16.0 Å². The van der Waals surface area contributed by atoms with Gasteiger partial charge in [0.05, 0.1) is 18.7 Å². The van der Waals surface area contributed by atoms with Gasteiger partial charge in [-0.15, -0.1) is 11.3 Å². The first-order valence-corrected chi connectivity index (χ1v) is 7.78. The van der Waals surface area contributed by atoms with Crippen LogP contribution in [0.2, 0.25) is 0 Å². The van der Waals surface area contributed by atoms with Gasteiger partial charge in [0, 0.05) is 17.1 Å². The Morgan fingerprint density at radius 2 is 2.29 bits per heavy atom. The normalized spacial score (nSPS) is 10.2. The number of hydrogen-bond acceptors (Lipinski definition) is 6. The average Bonchev–Trinajstić information content (AvgIpc) is 2.86. The van der Waals surface area contributed by atoms with Crippen LogP contribution in [0.1, 0.15) is 23.0 Å². The molecule has 1 amide bonds. The first-order chi connectivity index (χ1) is 10.1. The molecule has 0 aliphatic carbocycles. The Labute approximate surface area is 133 Å². The number of pyridine rings is 1. The quantitative estimate of drug-likeness (QED) is 0.647. The molecule has 21 heavy (non-hydrogen) atoms. The number of amides is 1. The molecule has 1 N–H and O–H groups in total. The molecule has 2 rings (SSSR count). The van der Waals surface area contributed by atoms with Gasteiger partial charge in [-0.3, -0.25) is 14.9 Å². The lowest BCUT2D eigenvalue weighted by molar-refractivity contribution is -0.142. The van der Waals surface area contributed by atoms with E-state index in [4.69, 9.17) is 4.74 Å². The Hall–Kier alpha value is -1.80. The third-order valence-electron chi connectivity index (χ3n) is 2.39.